The first-order valence-electron chi connectivity index (χ1n) is 7.81. The quantitative estimate of drug-likeness (QED) is 0.853. The largest absolute Gasteiger partial charge is 0.480 e. The molecule has 1 aliphatic rings. The van der Waals surface area contributed by atoms with E-state index in [2.05, 4.69) is 11.9 Å². The molecular formula is C17H26N2O2. The van der Waals surface area contributed by atoms with Gasteiger partial charge in [0.25, 0.3) is 5.91 Å². The van der Waals surface area contributed by atoms with Gasteiger partial charge in [0.1, 0.15) is 5.75 Å². The predicted molar refractivity (Wildman–Crippen MR) is 84.6 cm³/mol. The van der Waals surface area contributed by atoms with Gasteiger partial charge in [-0.1, -0.05) is 25.1 Å². The Morgan fingerprint density at radius 1 is 1.24 bits per heavy atom. The number of nitrogens with zero attached hydrogens (tertiary/aromatic N) is 2. The predicted octanol–water partition coefficient (Wildman–Crippen LogP) is 2.32. The van der Waals surface area contributed by atoms with Crippen LogP contribution in [0.5, 0.6) is 5.75 Å². The fraction of sp³-hybridized carbons (Fsp3) is 0.588. The third-order valence-electron chi connectivity index (χ3n) is 4.04. The molecule has 0 unspecified atom stereocenters. The first-order chi connectivity index (χ1) is 10.1. The van der Waals surface area contributed by atoms with Gasteiger partial charge < -0.3 is 14.5 Å². The van der Waals surface area contributed by atoms with Gasteiger partial charge in [-0.3, -0.25) is 4.79 Å². The van der Waals surface area contributed by atoms with Gasteiger partial charge in [-0.15, -0.1) is 0 Å². The number of hydrogen-bond donors (Lipinski definition) is 0. The van der Waals surface area contributed by atoms with Gasteiger partial charge in [0, 0.05) is 19.6 Å². The van der Waals surface area contributed by atoms with Gasteiger partial charge in [-0.2, -0.15) is 0 Å². The number of carbonyl (C=O) groups excluding carboxylic acids is 1. The van der Waals surface area contributed by atoms with Gasteiger partial charge in [0.15, 0.2) is 6.10 Å². The van der Waals surface area contributed by atoms with Crippen LogP contribution in [0.1, 0.15) is 25.3 Å². The summed E-state index contributed by atoms with van der Waals surface area (Å²) in [5.41, 5.74) is 1.07. The molecule has 0 saturated carbocycles. The topological polar surface area (TPSA) is 32.8 Å². The van der Waals surface area contributed by atoms with Crippen LogP contribution in [0.4, 0.5) is 0 Å². The van der Waals surface area contributed by atoms with E-state index in [0.29, 0.717) is 6.42 Å². The standard InChI is InChI=1S/C17H26N2O2/c1-4-15(21-16-9-6-5-8-14(16)2)17(20)19-11-7-10-18(3)12-13-19/h5-6,8-9,15H,4,7,10-13H2,1-3H3/t15-/m1/s1. The smallest absolute Gasteiger partial charge is 0.263 e. The first-order valence-corrected chi connectivity index (χ1v) is 7.81. The second-order valence-electron chi connectivity index (χ2n) is 5.76. The van der Waals surface area contributed by atoms with Gasteiger partial charge >= 0.3 is 0 Å². The minimum atomic E-state index is -0.380. The highest BCUT2D eigenvalue weighted by Crippen LogP contribution is 2.20. The van der Waals surface area contributed by atoms with Crippen molar-refractivity contribution < 1.29 is 9.53 Å². The Morgan fingerprint density at radius 2 is 2.00 bits per heavy atom. The Balaban J connectivity index is 2.03. The molecule has 4 nitrogen and oxygen atoms in total. The molecular weight excluding hydrogens is 264 g/mol. The number of amides is 1. The SMILES string of the molecule is CC[C@@H](Oc1ccccc1C)C(=O)N1CCCN(C)CC1. The van der Waals surface area contributed by atoms with Crippen LogP contribution >= 0.6 is 0 Å². The molecule has 0 radical (unpaired) electrons. The summed E-state index contributed by atoms with van der Waals surface area (Å²) in [4.78, 5) is 16.9. The molecule has 2 rings (SSSR count). The van der Waals surface area contributed by atoms with Crippen LogP contribution in [-0.4, -0.2) is 55.0 Å². The average molecular weight is 290 g/mol. The molecule has 1 fully saturated rings. The molecule has 0 aromatic heterocycles. The molecule has 1 saturated heterocycles. The summed E-state index contributed by atoms with van der Waals surface area (Å²) in [5.74, 6) is 0.931. The highest BCUT2D eigenvalue weighted by molar-refractivity contribution is 5.81. The van der Waals surface area contributed by atoms with Gasteiger partial charge in [0.05, 0.1) is 0 Å². The molecule has 4 heteroatoms. The second kappa shape index (κ2) is 7.46. The molecule has 0 N–H and O–H groups in total. The van der Waals surface area contributed by atoms with Crippen molar-refractivity contribution in [3.63, 3.8) is 0 Å². The maximum absolute atomic E-state index is 12.7. The van der Waals surface area contributed by atoms with Gasteiger partial charge in [-0.25, -0.2) is 0 Å². The normalized spacial score (nSPS) is 18.1. The Labute approximate surface area is 127 Å². The molecule has 1 atom stereocenters. The van der Waals surface area contributed by atoms with Crippen LogP contribution in [0.25, 0.3) is 0 Å². The molecule has 1 amide bonds. The number of para-hydroxylation sites is 1. The Bertz CT molecular complexity index is 476. The molecule has 1 aromatic rings. The fourth-order valence-corrected chi connectivity index (χ4v) is 2.62. The lowest BCUT2D eigenvalue weighted by atomic mass is 10.2. The number of carbonyl (C=O) groups is 1. The van der Waals surface area contributed by atoms with E-state index in [4.69, 9.17) is 4.74 Å². The summed E-state index contributed by atoms with van der Waals surface area (Å²) in [7, 11) is 2.11. The van der Waals surface area contributed by atoms with E-state index in [1.807, 2.05) is 43.0 Å². The van der Waals surface area contributed by atoms with Crippen LogP contribution in [0.2, 0.25) is 0 Å². The lowest BCUT2D eigenvalue weighted by Gasteiger charge is -2.26. The zero-order valence-electron chi connectivity index (χ0n) is 13.3. The van der Waals surface area contributed by atoms with E-state index in [9.17, 15) is 4.79 Å². The maximum atomic E-state index is 12.7. The van der Waals surface area contributed by atoms with Crippen molar-refractivity contribution in [2.45, 2.75) is 32.8 Å². The molecule has 1 aromatic carbocycles. The van der Waals surface area contributed by atoms with E-state index >= 15 is 0 Å². The van der Waals surface area contributed by atoms with E-state index in [1.54, 1.807) is 0 Å². The Hall–Kier alpha value is -1.55. The summed E-state index contributed by atoms with van der Waals surface area (Å²) in [6.45, 7) is 7.63. The van der Waals surface area contributed by atoms with E-state index < -0.39 is 0 Å². The van der Waals surface area contributed by atoms with Crippen LogP contribution in [0.15, 0.2) is 24.3 Å². The number of likely N-dealkylation sites (N-methyl/N-ethyl adjacent to an activating group) is 1. The summed E-state index contributed by atoms with van der Waals surface area (Å²) in [6, 6.07) is 7.87. The van der Waals surface area contributed by atoms with E-state index in [0.717, 1.165) is 43.9 Å². The Morgan fingerprint density at radius 3 is 2.71 bits per heavy atom. The zero-order chi connectivity index (χ0) is 15.2. The van der Waals surface area contributed by atoms with Crippen molar-refractivity contribution >= 4 is 5.91 Å². The maximum Gasteiger partial charge on any atom is 0.263 e. The highest BCUT2D eigenvalue weighted by atomic mass is 16.5. The highest BCUT2D eigenvalue weighted by Gasteiger charge is 2.26. The van der Waals surface area contributed by atoms with E-state index in [1.165, 1.54) is 0 Å². The van der Waals surface area contributed by atoms with Crippen LogP contribution in [-0.2, 0) is 4.79 Å². The molecule has 0 spiro atoms. The minimum absolute atomic E-state index is 0.121. The monoisotopic (exact) mass is 290 g/mol. The van der Waals surface area contributed by atoms with Crippen LogP contribution in [0, 0.1) is 6.92 Å². The summed E-state index contributed by atoms with van der Waals surface area (Å²) < 4.78 is 5.97. The molecule has 1 aliphatic heterocycles. The Kier molecular flexibility index (Phi) is 5.62. The lowest BCUT2D eigenvalue weighted by Crippen LogP contribution is -2.43. The fourth-order valence-electron chi connectivity index (χ4n) is 2.62. The molecule has 116 valence electrons. The molecule has 0 bridgehead atoms. The number of aryl methyl sites for hydroxylation is 1. The van der Waals surface area contributed by atoms with Crippen molar-refractivity contribution in [1.82, 2.24) is 9.80 Å². The third kappa shape index (κ3) is 4.21. The van der Waals surface area contributed by atoms with Crippen LogP contribution in [0.3, 0.4) is 0 Å². The second-order valence-corrected chi connectivity index (χ2v) is 5.76. The molecule has 0 aliphatic carbocycles. The summed E-state index contributed by atoms with van der Waals surface area (Å²) in [6.07, 6.45) is 1.34. The zero-order valence-corrected chi connectivity index (χ0v) is 13.3. The van der Waals surface area contributed by atoms with Crippen LogP contribution < -0.4 is 4.74 Å². The summed E-state index contributed by atoms with van der Waals surface area (Å²) in [5, 5.41) is 0. The third-order valence-corrected chi connectivity index (χ3v) is 4.04. The molecule has 1 heterocycles. The van der Waals surface area contributed by atoms with Crippen molar-refractivity contribution in [3.05, 3.63) is 29.8 Å². The summed E-state index contributed by atoms with van der Waals surface area (Å²) >= 11 is 0. The van der Waals surface area contributed by atoms with Crippen molar-refractivity contribution in [2.24, 2.45) is 0 Å². The van der Waals surface area contributed by atoms with E-state index in [-0.39, 0.29) is 12.0 Å². The molecule has 21 heavy (non-hydrogen) atoms. The van der Waals surface area contributed by atoms with Crippen molar-refractivity contribution in [1.29, 1.82) is 0 Å². The van der Waals surface area contributed by atoms with Crippen molar-refractivity contribution in [2.75, 3.05) is 33.2 Å². The number of ether oxygens (including phenoxy) is 1. The number of hydrogen-bond acceptors (Lipinski definition) is 3. The number of rotatable bonds is 4. The van der Waals surface area contributed by atoms with Gasteiger partial charge in [-0.05, 0) is 45.0 Å². The lowest BCUT2D eigenvalue weighted by molar-refractivity contribution is -0.138. The number of benzene rings is 1. The first kappa shape index (κ1) is 15.8. The minimum Gasteiger partial charge on any atom is -0.480 e. The average Bonchev–Trinajstić information content (AvgIpc) is 2.70. The van der Waals surface area contributed by atoms with Gasteiger partial charge in [0.2, 0.25) is 0 Å². The van der Waals surface area contributed by atoms with Crippen molar-refractivity contribution in [3.8, 4) is 5.75 Å².